The van der Waals surface area contributed by atoms with Crippen molar-refractivity contribution in [2.24, 2.45) is 5.92 Å². The molecule has 0 aromatic heterocycles. The number of hydrogen-bond donors (Lipinski definition) is 1. The summed E-state index contributed by atoms with van der Waals surface area (Å²) in [6.07, 6.45) is 2.52. The normalized spacial score (nSPS) is 18.7. The fourth-order valence-corrected chi connectivity index (χ4v) is 4.97. The van der Waals surface area contributed by atoms with E-state index in [9.17, 15) is 14.0 Å². The van der Waals surface area contributed by atoms with Gasteiger partial charge in [0.2, 0.25) is 11.8 Å². The molecule has 2 saturated heterocycles. The van der Waals surface area contributed by atoms with E-state index in [1.807, 2.05) is 35.2 Å². The van der Waals surface area contributed by atoms with Crippen molar-refractivity contribution >= 4 is 23.4 Å². The number of benzene rings is 2. The van der Waals surface area contributed by atoms with E-state index in [0.717, 1.165) is 11.1 Å². The van der Waals surface area contributed by atoms with Gasteiger partial charge in [0, 0.05) is 43.8 Å². The second kappa shape index (κ2) is 10.2. The molecule has 0 bridgehead atoms. The summed E-state index contributed by atoms with van der Waals surface area (Å²) in [5, 5.41) is 3.57. The van der Waals surface area contributed by atoms with Gasteiger partial charge in [-0.3, -0.25) is 9.59 Å². The van der Waals surface area contributed by atoms with Crippen LogP contribution in [0.3, 0.4) is 0 Å². The van der Waals surface area contributed by atoms with Crippen LogP contribution in [0, 0.1) is 18.7 Å². The summed E-state index contributed by atoms with van der Waals surface area (Å²) in [5.41, 5.74) is 1.70. The van der Waals surface area contributed by atoms with Crippen LogP contribution in [-0.4, -0.2) is 43.0 Å². The number of nitrogens with zero attached hydrogens (tertiary/aromatic N) is 1. The van der Waals surface area contributed by atoms with Crippen molar-refractivity contribution in [3.8, 4) is 0 Å². The molecule has 1 N–H and O–H groups in total. The highest BCUT2D eigenvalue weighted by Crippen LogP contribution is 2.38. The first-order valence-corrected chi connectivity index (χ1v) is 11.9. The standard InChI is InChI=1S/C26H30ClFN2O3/c1-18-2-3-19(16-23(18)28)17-29-24(31)20-8-12-30(13-9-20)25(32)26(10-14-33-15-11-26)21-4-6-22(27)7-5-21/h2-7,16,20H,8-15,17H2,1H3,(H,29,31). The molecule has 0 aliphatic carbocycles. The van der Waals surface area contributed by atoms with Crippen LogP contribution in [-0.2, 0) is 26.3 Å². The number of aryl methyl sites for hydroxylation is 1. The Balaban J connectivity index is 1.36. The molecule has 7 heteroatoms. The first-order chi connectivity index (χ1) is 15.9. The van der Waals surface area contributed by atoms with Crippen molar-refractivity contribution in [2.75, 3.05) is 26.3 Å². The zero-order valence-electron chi connectivity index (χ0n) is 18.9. The molecule has 0 radical (unpaired) electrons. The lowest BCUT2D eigenvalue weighted by Crippen LogP contribution is -2.52. The highest BCUT2D eigenvalue weighted by Gasteiger charge is 2.45. The molecule has 2 heterocycles. The zero-order chi connectivity index (χ0) is 23.4. The van der Waals surface area contributed by atoms with Gasteiger partial charge in [0.1, 0.15) is 5.82 Å². The van der Waals surface area contributed by atoms with Crippen molar-refractivity contribution in [1.82, 2.24) is 10.2 Å². The van der Waals surface area contributed by atoms with Crippen LogP contribution in [0.4, 0.5) is 4.39 Å². The average molecular weight is 473 g/mol. The summed E-state index contributed by atoms with van der Waals surface area (Å²) in [6.45, 7) is 4.21. The predicted octanol–water partition coefficient (Wildman–Crippen LogP) is 4.39. The van der Waals surface area contributed by atoms with E-state index < -0.39 is 5.41 Å². The second-order valence-corrected chi connectivity index (χ2v) is 9.51. The highest BCUT2D eigenvalue weighted by molar-refractivity contribution is 6.30. The Morgan fingerprint density at radius 3 is 2.42 bits per heavy atom. The Bertz CT molecular complexity index is 997. The van der Waals surface area contributed by atoms with Crippen LogP contribution in [0.25, 0.3) is 0 Å². The van der Waals surface area contributed by atoms with E-state index in [1.54, 1.807) is 13.0 Å². The van der Waals surface area contributed by atoms with Gasteiger partial charge in [0.15, 0.2) is 0 Å². The maximum Gasteiger partial charge on any atom is 0.233 e. The number of piperidine rings is 1. The lowest BCUT2D eigenvalue weighted by Gasteiger charge is -2.42. The topological polar surface area (TPSA) is 58.6 Å². The molecule has 2 aromatic rings. The van der Waals surface area contributed by atoms with Crippen molar-refractivity contribution in [2.45, 2.75) is 44.6 Å². The quantitative estimate of drug-likeness (QED) is 0.702. The van der Waals surface area contributed by atoms with Gasteiger partial charge in [-0.1, -0.05) is 35.9 Å². The van der Waals surface area contributed by atoms with Gasteiger partial charge in [-0.2, -0.15) is 0 Å². The lowest BCUT2D eigenvalue weighted by atomic mass is 9.72. The number of likely N-dealkylation sites (tertiary alicyclic amines) is 1. The van der Waals surface area contributed by atoms with Gasteiger partial charge in [-0.25, -0.2) is 4.39 Å². The van der Waals surface area contributed by atoms with Gasteiger partial charge in [0.25, 0.3) is 0 Å². The monoisotopic (exact) mass is 472 g/mol. The van der Waals surface area contributed by atoms with Crippen LogP contribution in [0.5, 0.6) is 0 Å². The van der Waals surface area contributed by atoms with Gasteiger partial charge in [-0.05, 0) is 67.5 Å². The SMILES string of the molecule is Cc1ccc(CNC(=O)C2CCN(C(=O)C3(c4ccc(Cl)cc4)CCOCC3)CC2)cc1F. The fourth-order valence-electron chi connectivity index (χ4n) is 4.84. The zero-order valence-corrected chi connectivity index (χ0v) is 19.7. The Labute approximate surface area is 199 Å². The van der Waals surface area contributed by atoms with Gasteiger partial charge < -0.3 is 15.0 Å². The molecular formula is C26H30ClFN2O3. The third-order valence-corrected chi connectivity index (χ3v) is 7.26. The number of rotatable bonds is 5. The molecule has 5 nitrogen and oxygen atoms in total. The first kappa shape index (κ1) is 23.7. The van der Waals surface area contributed by atoms with E-state index in [1.165, 1.54) is 6.07 Å². The molecule has 2 fully saturated rings. The van der Waals surface area contributed by atoms with Crippen molar-refractivity contribution in [3.05, 3.63) is 70.0 Å². The number of amides is 2. The fraction of sp³-hybridized carbons (Fsp3) is 0.462. The van der Waals surface area contributed by atoms with Gasteiger partial charge in [-0.15, -0.1) is 0 Å². The number of hydrogen-bond acceptors (Lipinski definition) is 3. The Hall–Kier alpha value is -2.44. The molecule has 0 spiro atoms. The molecule has 33 heavy (non-hydrogen) atoms. The summed E-state index contributed by atoms with van der Waals surface area (Å²) in [6, 6.07) is 12.5. The Kier molecular flexibility index (Phi) is 7.35. The summed E-state index contributed by atoms with van der Waals surface area (Å²) in [7, 11) is 0. The van der Waals surface area contributed by atoms with Crippen LogP contribution >= 0.6 is 11.6 Å². The number of carbonyl (C=O) groups excluding carboxylic acids is 2. The largest absolute Gasteiger partial charge is 0.381 e. The first-order valence-electron chi connectivity index (χ1n) is 11.5. The molecule has 0 saturated carbocycles. The van der Waals surface area contributed by atoms with E-state index in [-0.39, 0.29) is 23.5 Å². The van der Waals surface area contributed by atoms with Crippen LogP contribution < -0.4 is 5.32 Å². The summed E-state index contributed by atoms with van der Waals surface area (Å²) >= 11 is 6.07. The Morgan fingerprint density at radius 1 is 1.12 bits per heavy atom. The molecule has 2 aromatic carbocycles. The predicted molar refractivity (Wildman–Crippen MR) is 125 cm³/mol. The third-order valence-electron chi connectivity index (χ3n) is 7.01. The molecule has 2 aliphatic heterocycles. The van der Waals surface area contributed by atoms with E-state index in [0.29, 0.717) is 69.1 Å². The number of ether oxygens (including phenoxy) is 1. The smallest absolute Gasteiger partial charge is 0.233 e. The van der Waals surface area contributed by atoms with Crippen molar-refractivity contribution in [1.29, 1.82) is 0 Å². The Morgan fingerprint density at radius 2 is 1.79 bits per heavy atom. The minimum absolute atomic E-state index is 0.0402. The van der Waals surface area contributed by atoms with Crippen LogP contribution in [0.1, 0.15) is 42.4 Å². The summed E-state index contributed by atoms with van der Waals surface area (Å²) < 4.78 is 19.3. The molecule has 2 amide bonds. The second-order valence-electron chi connectivity index (χ2n) is 9.07. The number of halogens is 2. The van der Waals surface area contributed by atoms with E-state index >= 15 is 0 Å². The highest BCUT2D eigenvalue weighted by atomic mass is 35.5. The third kappa shape index (κ3) is 5.22. The number of nitrogens with one attached hydrogen (secondary N) is 1. The number of carbonyl (C=O) groups is 2. The van der Waals surface area contributed by atoms with Gasteiger partial charge >= 0.3 is 0 Å². The minimum Gasteiger partial charge on any atom is -0.381 e. The maximum absolute atomic E-state index is 13.7. The summed E-state index contributed by atoms with van der Waals surface area (Å²) in [4.78, 5) is 28.3. The van der Waals surface area contributed by atoms with Gasteiger partial charge in [0.05, 0.1) is 5.41 Å². The van der Waals surface area contributed by atoms with Crippen molar-refractivity contribution in [3.63, 3.8) is 0 Å². The van der Waals surface area contributed by atoms with E-state index in [4.69, 9.17) is 16.3 Å². The average Bonchev–Trinajstić information content (AvgIpc) is 2.85. The maximum atomic E-state index is 13.7. The van der Waals surface area contributed by atoms with Crippen LogP contribution in [0.15, 0.2) is 42.5 Å². The molecule has 176 valence electrons. The minimum atomic E-state index is -0.604. The molecule has 4 rings (SSSR count). The molecule has 0 unspecified atom stereocenters. The molecular weight excluding hydrogens is 443 g/mol. The van der Waals surface area contributed by atoms with Crippen molar-refractivity contribution < 1.29 is 18.7 Å². The summed E-state index contributed by atoms with van der Waals surface area (Å²) in [5.74, 6) is -0.342. The molecule has 2 aliphatic rings. The van der Waals surface area contributed by atoms with E-state index in [2.05, 4.69) is 5.32 Å². The lowest BCUT2D eigenvalue weighted by molar-refractivity contribution is -0.144. The van der Waals surface area contributed by atoms with Crippen LogP contribution in [0.2, 0.25) is 5.02 Å². The molecule has 0 atom stereocenters.